The van der Waals surface area contributed by atoms with Crippen molar-refractivity contribution in [1.82, 2.24) is 19.9 Å². The molecule has 0 fully saturated rings. The zero-order chi connectivity index (χ0) is 15.5. The van der Waals surface area contributed by atoms with Gasteiger partial charge in [0, 0.05) is 18.5 Å². The molecule has 1 aromatic heterocycles. The lowest BCUT2D eigenvalue weighted by Crippen LogP contribution is -2.26. The van der Waals surface area contributed by atoms with Crippen molar-refractivity contribution in [3.05, 3.63) is 40.9 Å². The molecule has 0 spiro atoms. The van der Waals surface area contributed by atoms with Crippen LogP contribution in [0.3, 0.4) is 0 Å². The van der Waals surface area contributed by atoms with Gasteiger partial charge in [0.1, 0.15) is 17.1 Å². The molecule has 0 aliphatic carbocycles. The van der Waals surface area contributed by atoms with Crippen molar-refractivity contribution in [2.24, 2.45) is 5.73 Å². The number of rotatable bonds is 6. The molecule has 1 heterocycles. The molecule has 7 nitrogen and oxygen atoms in total. The Morgan fingerprint density at radius 3 is 2.81 bits per heavy atom. The van der Waals surface area contributed by atoms with Crippen LogP contribution in [0.2, 0.25) is 5.02 Å². The fourth-order valence-electron chi connectivity index (χ4n) is 1.60. The van der Waals surface area contributed by atoms with Crippen molar-refractivity contribution in [2.45, 2.75) is 11.3 Å². The number of nitrogens with one attached hydrogen (secondary N) is 2. The summed E-state index contributed by atoms with van der Waals surface area (Å²) in [6, 6.07) is 4.19. The number of nitrogens with two attached hydrogens (primary N) is 1. The maximum atomic E-state index is 12.1. The summed E-state index contributed by atoms with van der Waals surface area (Å²) < 4.78 is 26.7. The standard InChI is InChI=1S/C11H12ClN5O2S2/c12-9-5-7(1-2-8(9)11(13)20)21(18,19)16-4-3-10-14-6-15-17-10/h1-2,5-6,16H,3-4H2,(H2,13,20)(H,14,15,17). The van der Waals surface area contributed by atoms with Gasteiger partial charge in [-0.1, -0.05) is 23.8 Å². The number of aromatic amines is 1. The third kappa shape index (κ3) is 3.97. The molecule has 4 N–H and O–H groups in total. The third-order valence-corrected chi connectivity index (χ3v) is 4.63. The van der Waals surface area contributed by atoms with Gasteiger partial charge in [-0.2, -0.15) is 5.10 Å². The van der Waals surface area contributed by atoms with Gasteiger partial charge in [-0.05, 0) is 18.2 Å². The Morgan fingerprint density at radius 1 is 1.48 bits per heavy atom. The SMILES string of the molecule is NC(=S)c1ccc(S(=O)(=O)NCCc2ncn[nH]2)cc1Cl. The number of thiocarbonyl (C=S) groups is 1. The van der Waals surface area contributed by atoms with E-state index in [1.165, 1.54) is 24.5 Å². The summed E-state index contributed by atoms with van der Waals surface area (Å²) in [4.78, 5) is 4.06. The van der Waals surface area contributed by atoms with Crippen LogP contribution in [0, 0.1) is 0 Å². The first-order chi connectivity index (χ1) is 9.90. The molecule has 0 unspecified atom stereocenters. The summed E-state index contributed by atoms with van der Waals surface area (Å²) in [7, 11) is -3.66. The topological polar surface area (TPSA) is 114 Å². The van der Waals surface area contributed by atoms with E-state index in [0.717, 1.165) is 0 Å². The van der Waals surface area contributed by atoms with E-state index in [-0.39, 0.29) is 21.5 Å². The lowest BCUT2D eigenvalue weighted by atomic mass is 10.2. The lowest BCUT2D eigenvalue weighted by Gasteiger charge is -2.08. The van der Waals surface area contributed by atoms with Gasteiger partial charge >= 0.3 is 0 Å². The number of benzene rings is 1. The highest BCUT2D eigenvalue weighted by atomic mass is 35.5. The molecule has 10 heteroatoms. The zero-order valence-electron chi connectivity index (χ0n) is 10.7. The molecule has 0 aliphatic rings. The Labute approximate surface area is 132 Å². The monoisotopic (exact) mass is 345 g/mol. The molecule has 1 aromatic carbocycles. The van der Waals surface area contributed by atoms with Gasteiger partial charge < -0.3 is 5.73 Å². The predicted molar refractivity (Wildman–Crippen MR) is 82.6 cm³/mol. The van der Waals surface area contributed by atoms with E-state index >= 15 is 0 Å². The van der Waals surface area contributed by atoms with Crippen molar-refractivity contribution in [1.29, 1.82) is 0 Å². The summed E-state index contributed by atoms with van der Waals surface area (Å²) in [6.07, 6.45) is 1.76. The minimum atomic E-state index is -3.66. The van der Waals surface area contributed by atoms with Crippen LogP contribution in [0.25, 0.3) is 0 Å². The van der Waals surface area contributed by atoms with Crippen molar-refractivity contribution >= 4 is 38.8 Å². The minimum Gasteiger partial charge on any atom is -0.389 e. The largest absolute Gasteiger partial charge is 0.389 e. The Morgan fingerprint density at radius 2 is 2.24 bits per heavy atom. The summed E-state index contributed by atoms with van der Waals surface area (Å²) in [5, 5.41) is 6.52. The molecule has 0 amide bonds. The number of aromatic nitrogens is 3. The second kappa shape index (κ2) is 6.48. The third-order valence-electron chi connectivity index (χ3n) is 2.64. The van der Waals surface area contributed by atoms with Crippen LogP contribution < -0.4 is 10.5 Å². The zero-order valence-corrected chi connectivity index (χ0v) is 13.1. The van der Waals surface area contributed by atoms with Gasteiger partial charge in [-0.25, -0.2) is 18.1 Å². The average molecular weight is 346 g/mol. The molecule has 0 bridgehead atoms. The molecule has 0 aliphatic heterocycles. The maximum absolute atomic E-state index is 12.1. The van der Waals surface area contributed by atoms with E-state index in [9.17, 15) is 8.42 Å². The first-order valence-electron chi connectivity index (χ1n) is 5.83. The predicted octanol–water partition coefficient (Wildman–Crippen LogP) is 0.613. The van der Waals surface area contributed by atoms with E-state index in [2.05, 4.69) is 19.9 Å². The first kappa shape index (κ1) is 15.8. The molecule has 0 saturated carbocycles. The van der Waals surface area contributed by atoms with Crippen molar-refractivity contribution in [3.8, 4) is 0 Å². The summed E-state index contributed by atoms with van der Waals surface area (Å²) in [6.45, 7) is 0.187. The van der Waals surface area contributed by atoms with E-state index < -0.39 is 10.0 Å². The van der Waals surface area contributed by atoms with Crippen LogP contribution in [0.4, 0.5) is 0 Å². The summed E-state index contributed by atoms with van der Waals surface area (Å²) in [5.41, 5.74) is 5.91. The molecule has 2 aromatic rings. The molecule has 112 valence electrons. The highest BCUT2D eigenvalue weighted by Gasteiger charge is 2.16. The molecule has 2 rings (SSSR count). The molecule has 0 atom stereocenters. The van der Waals surface area contributed by atoms with Crippen molar-refractivity contribution < 1.29 is 8.42 Å². The summed E-state index contributed by atoms with van der Waals surface area (Å²) in [5.74, 6) is 0.597. The molecule has 21 heavy (non-hydrogen) atoms. The molecule has 0 saturated heterocycles. The van der Waals surface area contributed by atoms with E-state index in [1.807, 2.05) is 0 Å². The van der Waals surface area contributed by atoms with E-state index in [0.29, 0.717) is 17.8 Å². The van der Waals surface area contributed by atoms with E-state index in [4.69, 9.17) is 29.6 Å². The van der Waals surface area contributed by atoms with Gasteiger partial charge in [0.2, 0.25) is 10.0 Å². The molecular weight excluding hydrogens is 334 g/mol. The van der Waals surface area contributed by atoms with Gasteiger partial charge in [0.05, 0.1) is 9.92 Å². The highest BCUT2D eigenvalue weighted by Crippen LogP contribution is 2.20. The molecule has 0 radical (unpaired) electrons. The fourth-order valence-corrected chi connectivity index (χ4v) is 3.24. The minimum absolute atomic E-state index is 0.0464. The summed E-state index contributed by atoms with van der Waals surface area (Å²) >= 11 is 10.8. The second-order valence-corrected chi connectivity index (χ2v) is 6.70. The van der Waals surface area contributed by atoms with Crippen LogP contribution in [-0.4, -0.2) is 35.1 Å². The highest BCUT2D eigenvalue weighted by molar-refractivity contribution is 7.89. The van der Waals surface area contributed by atoms with E-state index in [1.54, 1.807) is 0 Å². The van der Waals surface area contributed by atoms with Crippen LogP contribution >= 0.6 is 23.8 Å². The number of halogens is 1. The smallest absolute Gasteiger partial charge is 0.240 e. The Balaban J connectivity index is 2.08. The second-order valence-electron chi connectivity index (χ2n) is 4.09. The number of hydrogen-bond acceptors (Lipinski definition) is 5. The Kier molecular flexibility index (Phi) is 4.88. The number of nitrogens with zero attached hydrogens (tertiary/aromatic N) is 2. The Hall–Kier alpha value is -1.55. The number of sulfonamides is 1. The van der Waals surface area contributed by atoms with Crippen LogP contribution in [0.5, 0.6) is 0 Å². The Bertz CT molecular complexity index is 746. The van der Waals surface area contributed by atoms with Crippen molar-refractivity contribution in [3.63, 3.8) is 0 Å². The number of hydrogen-bond donors (Lipinski definition) is 3. The molecular formula is C11H12ClN5O2S2. The van der Waals surface area contributed by atoms with Crippen LogP contribution in [0.1, 0.15) is 11.4 Å². The average Bonchev–Trinajstić information content (AvgIpc) is 2.91. The maximum Gasteiger partial charge on any atom is 0.240 e. The normalized spacial score (nSPS) is 11.5. The van der Waals surface area contributed by atoms with Gasteiger partial charge in [0.15, 0.2) is 0 Å². The van der Waals surface area contributed by atoms with Crippen LogP contribution in [0.15, 0.2) is 29.4 Å². The van der Waals surface area contributed by atoms with Gasteiger partial charge in [0.25, 0.3) is 0 Å². The quantitative estimate of drug-likeness (QED) is 0.661. The van der Waals surface area contributed by atoms with Gasteiger partial charge in [-0.15, -0.1) is 0 Å². The fraction of sp³-hybridized carbons (Fsp3) is 0.182. The number of H-pyrrole nitrogens is 1. The van der Waals surface area contributed by atoms with Crippen molar-refractivity contribution in [2.75, 3.05) is 6.54 Å². The first-order valence-corrected chi connectivity index (χ1v) is 8.10. The van der Waals surface area contributed by atoms with Crippen LogP contribution in [-0.2, 0) is 16.4 Å². The lowest BCUT2D eigenvalue weighted by molar-refractivity contribution is 0.581. The van der Waals surface area contributed by atoms with Gasteiger partial charge in [-0.3, -0.25) is 5.10 Å².